The van der Waals surface area contributed by atoms with Gasteiger partial charge in [0.15, 0.2) is 0 Å². The summed E-state index contributed by atoms with van der Waals surface area (Å²) in [5, 5.41) is 2.78. The molecule has 1 aliphatic heterocycles. The molecule has 0 atom stereocenters. The van der Waals surface area contributed by atoms with Crippen molar-refractivity contribution in [3.63, 3.8) is 0 Å². The summed E-state index contributed by atoms with van der Waals surface area (Å²) in [6.45, 7) is 3.51. The Morgan fingerprint density at radius 2 is 2.26 bits per heavy atom. The number of aryl methyl sites for hydroxylation is 1. The molecule has 2 aromatic rings. The maximum absolute atomic E-state index is 12.2. The Hall–Kier alpha value is -2.02. The van der Waals surface area contributed by atoms with Gasteiger partial charge in [-0.25, -0.2) is 4.98 Å². The monoisotopic (exact) mass is 332 g/mol. The number of nitrogens with zero attached hydrogens (tertiary/aromatic N) is 3. The summed E-state index contributed by atoms with van der Waals surface area (Å²) in [6.07, 6.45) is 4.85. The lowest BCUT2D eigenvalue weighted by Crippen LogP contribution is -2.38. The molecule has 1 aliphatic rings. The smallest absolute Gasteiger partial charge is 0.239 e. The van der Waals surface area contributed by atoms with E-state index in [0.717, 1.165) is 17.8 Å². The number of rotatable bonds is 4. The van der Waals surface area contributed by atoms with Gasteiger partial charge in [-0.1, -0.05) is 6.07 Å². The first-order valence-corrected chi connectivity index (χ1v) is 8.84. The number of pyridine rings is 1. The van der Waals surface area contributed by atoms with Crippen molar-refractivity contribution in [1.29, 1.82) is 0 Å². The zero-order valence-corrected chi connectivity index (χ0v) is 13.9. The molecule has 3 heterocycles. The highest BCUT2D eigenvalue weighted by Crippen LogP contribution is 2.14. The number of carbonyl (C=O) groups excluding carboxylic acids is 2. The van der Waals surface area contributed by atoms with Crippen molar-refractivity contribution in [2.45, 2.75) is 19.1 Å². The van der Waals surface area contributed by atoms with Gasteiger partial charge in [-0.2, -0.15) is 0 Å². The minimum atomic E-state index is -0.0726. The largest absolute Gasteiger partial charge is 0.354 e. The topological polar surface area (TPSA) is 66.7 Å². The molecule has 1 saturated heterocycles. The predicted molar refractivity (Wildman–Crippen MR) is 90.3 cm³/mol. The average Bonchev–Trinajstić information content (AvgIpc) is 2.78. The molecular formula is C16H20N4O2S. The number of hydrogen-bond donors (Lipinski definition) is 1. The first-order chi connectivity index (χ1) is 11.1. The van der Waals surface area contributed by atoms with Gasteiger partial charge < -0.3 is 14.6 Å². The van der Waals surface area contributed by atoms with Crippen molar-refractivity contribution in [1.82, 2.24) is 19.6 Å². The first kappa shape index (κ1) is 15.9. The van der Waals surface area contributed by atoms with Gasteiger partial charge in [0.25, 0.3) is 0 Å². The fourth-order valence-corrected chi connectivity index (χ4v) is 3.39. The van der Waals surface area contributed by atoms with Crippen LogP contribution in [0.3, 0.4) is 0 Å². The van der Waals surface area contributed by atoms with Crippen LogP contribution in [0.1, 0.15) is 17.7 Å². The summed E-state index contributed by atoms with van der Waals surface area (Å²) in [5.74, 6) is 1.01. The van der Waals surface area contributed by atoms with Crippen LogP contribution in [0.2, 0.25) is 0 Å². The lowest BCUT2D eigenvalue weighted by Gasteiger charge is -2.18. The van der Waals surface area contributed by atoms with Gasteiger partial charge in [0, 0.05) is 31.2 Å². The Kier molecular flexibility index (Phi) is 4.85. The lowest BCUT2D eigenvalue weighted by atomic mass is 10.3. The number of thioether (sulfide) groups is 1. The molecule has 0 aliphatic carbocycles. The van der Waals surface area contributed by atoms with Crippen LogP contribution in [0.4, 0.5) is 0 Å². The number of carbonyl (C=O) groups is 2. The van der Waals surface area contributed by atoms with Gasteiger partial charge in [0.1, 0.15) is 5.65 Å². The van der Waals surface area contributed by atoms with E-state index < -0.39 is 0 Å². The van der Waals surface area contributed by atoms with E-state index >= 15 is 0 Å². The molecule has 3 rings (SSSR count). The molecule has 6 nitrogen and oxygen atoms in total. The normalized spacial score (nSPS) is 15.5. The molecule has 0 bridgehead atoms. The molecule has 122 valence electrons. The molecular weight excluding hydrogens is 312 g/mol. The second-order valence-corrected chi connectivity index (χ2v) is 6.70. The van der Waals surface area contributed by atoms with Crippen LogP contribution in [0.15, 0.2) is 24.5 Å². The number of hydrogen-bond acceptors (Lipinski definition) is 4. The van der Waals surface area contributed by atoms with E-state index in [-0.39, 0.29) is 18.4 Å². The van der Waals surface area contributed by atoms with Crippen LogP contribution in [0.5, 0.6) is 0 Å². The number of imidazole rings is 1. The fraction of sp³-hybridized carbons (Fsp3) is 0.438. The molecule has 0 radical (unpaired) electrons. The Morgan fingerprint density at radius 3 is 3.13 bits per heavy atom. The summed E-state index contributed by atoms with van der Waals surface area (Å²) < 4.78 is 2.01. The number of aromatic nitrogens is 2. The minimum Gasteiger partial charge on any atom is -0.354 e. The van der Waals surface area contributed by atoms with Crippen molar-refractivity contribution >= 4 is 29.2 Å². The van der Waals surface area contributed by atoms with Gasteiger partial charge >= 0.3 is 0 Å². The zero-order valence-electron chi connectivity index (χ0n) is 13.1. The lowest BCUT2D eigenvalue weighted by molar-refractivity contribution is -0.133. The van der Waals surface area contributed by atoms with Crippen molar-refractivity contribution in [3.8, 4) is 0 Å². The second-order valence-electron chi connectivity index (χ2n) is 5.72. The van der Waals surface area contributed by atoms with Crippen LogP contribution < -0.4 is 5.32 Å². The molecule has 7 heteroatoms. The maximum Gasteiger partial charge on any atom is 0.239 e. The Balaban J connectivity index is 1.53. The van der Waals surface area contributed by atoms with E-state index in [4.69, 9.17) is 0 Å². The molecule has 0 aromatic carbocycles. The van der Waals surface area contributed by atoms with Crippen LogP contribution in [-0.2, 0) is 15.3 Å². The van der Waals surface area contributed by atoms with Crippen molar-refractivity contribution < 1.29 is 9.59 Å². The quantitative estimate of drug-likeness (QED) is 0.914. The van der Waals surface area contributed by atoms with Crippen LogP contribution in [0, 0.1) is 6.92 Å². The minimum absolute atomic E-state index is 0.0201. The zero-order chi connectivity index (χ0) is 16.2. The van der Waals surface area contributed by atoms with E-state index in [1.54, 1.807) is 4.90 Å². The van der Waals surface area contributed by atoms with Gasteiger partial charge in [-0.3, -0.25) is 9.59 Å². The summed E-state index contributed by atoms with van der Waals surface area (Å²) in [6, 6.07) is 4.03. The molecule has 0 saturated carbocycles. The second kappa shape index (κ2) is 7.04. The predicted octanol–water partition coefficient (Wildman–Crippen LogP) is 1.22. The Morgan fingerprint density at radius 1 is 1.39 bits per heavy atom. The van der Waals surface area contributed by atoms with Crippen molar-refractivity contribution in [2.75, 3.05) is 25.4 Å². The third-order valence-electron chi connectivity index (χ3n) is 3.74. The number of amides is 2. The molecule has 2 aromatic heterocycles. The van der Waals surface area contributed by atoms with Gasteiger partial charge in [0.2, 0.25) is 11.8 Å². The summed E-state index contributed by atoms with van der Waals surface area (Å²) in [4.78, 5) is 29.9. The molecule has 1 N–H and O–H groups in total. The third-order valence-corrected chi connectivity index (χ3v) is 4.69. The summed E-state index contributed by atoms with van der Waals surface area (Å²) in [5.41, 5.74) is 3.06. The molecule has 1 fully saturated rings. The van der Waals surface area contributed by atoms with Crippen LogP contribution in [0.25, 0.3) is 5.65 Å². The van der Waals surface area contributed by atoms with Gasteiger partial charge in [0.05, 0.1) is 18.0 Å². The average molecular weight is 332 g/mol. The first-order valence-electron chi connectivity index (χ1n) is 7.68. The summed E-state index contributed by atoms with van der Waals surface area (Å²) in [7, 11) is 0. The van der Waals surface area contributed by atoms with E-state index in [1.165, 1.54) is 17.3 Å². The van der Waals surface area contributed by atoms with E-state index in [9.17, 15) is 9.59 Å². The van der Waals surface area contributed by atoms with Crippen LogP contribution in [-0.4, -0.2) is 51.5 Å². The van der Waals surface area contributed by atoms with E-state index in [0.29, 0.717) is 24.6 Å². The Bertz CT molecular complexity index is 728. The SMILES string of the molecule is Cc1ccc2nc(CSCC(=O)N3CCCNC(=O)C3)cn2c1. The third kappa shape index (κ3) is 4.04. The molecule has 23 heavy (non-hydrogen) atoms. The molecule has 0 unspecified atom stereocenters. The van der Waals surface area contributed by atoms with E-state index in [1.807, 2.05) is 35.9 Å². The fourth-order valence-electron chi connectivity index (χ4n) is 2.58. The van der Waals surface area contributed by atoms with Crippen LogP contribution >= 0.6 is 11.8 Å². The highest BCUT2D eigenvalue weighted by molar-refractivity contribution is 7.99. The molecule has 2 amide bonds. The highest BCUT2D eigenvalue weighted by Gasteiger charge is 2.19. The van der Waals surface area contributed by atoms with Crippen molar-refractivity contribution in [2.24, 2.45) is 0 Å². The Labute approximate surface area is 139 Å². The highest BCUT2D eigenvalue weighted by atomic mass is 32.2. The van der Waals surface area contributed by atoms with E-state index in [2.05, 4.69) is 10.3 Å². The molecule has 0 spiro atoms. The maximum atomic E-state index is 12.2. The number of nitrogens with one attached hydrogen (secondary N) is 1. The standard InChI is InChI=1S/C16H20N4O2S/c1-12-3-4-14-18-13(8-20(14)7-12)10-23-11-16(22)19-6-2-5-17-15(21)9-19/h3-4,7-8H,2,5-6,9-11H2,1H3,(H,17,21). The van der Waals surface area contributed by atoms with Gasteiger partial charge in [-0.15, -0.1) is 11.8 Å². The summed E-state index contributed by atoms with van der Waals surface area (Å²) >= 11 is 1.54. The van der Waals surface area contributed by atoms with Gasteiger partial charge in [-0.05, 0) is 25.0 Å². The van der Waals surface area contributed by atoms with Crippen molar-refractivity contribution in [3.05, 3.63) is 35.8 Å². The number of fused-ring (bicyclic) bond motifs is 1.